The molecule has 1 aromatic rings. The predicted molar refractivity (Wildman–Crippen MR) is 98.3 cm³/mol. The van der Waals surface area contributed by atoms with E-state index in [1.165, 1.54) is 6.92 Å². The highest BCUT2D eigenvalue weighted by Gasteiger charge is 2.48. The standard InChI is InChI=1S/C11H19N2O16P3/c1-2-25-10-5(9(16)12-11(17)13-10)8-7(15)6(14)4(27-8)3-26-31(21,22)29-32(23,24)28-30(18,19)20/h4,6-8,14-15H,2-3H2,1H3,(H,21,22)(H,23,24)(H2,18,19,20)(H2,12,13,16,17)/t4-,6-,7-,8+/m1/s1. The first-order chi connectivity index (χ1) is 14.6. The van der Waals surface area contributed by atoms with Crippen molar-refractivity contribution in [2.24, 2.45) is 0 Å². The largest absolute Gasteiger partial charge is 0.490 e. The number of phosphoric ester groups is 1. The Morgan fingerprint density at radius 3 is 2.16 bits per heavy atom. The third-order valence-corrected chi connectivity index (χ3v) is 7.50. The van der Waals surface area contributed by atoms with Gasteiger partial charge in [-0.05, 0) is 6.92 Å². The van der Waals surface area contributed by atoms with E-state index in [0.29, 0.717) is 0 Å². The molecule has 0 aliphatic carbocycles. The summed E-state index contributed by atoms with van der Waals surface area (Å²) in [6.45, 7) is 0.437. The molecule has 32 heavy (non-hydrogen) atoms. The summed E-state index contributed by atoms with van der Waals surface area (Å²) in [4.78, 5) is 63.2. The fourth-order valence-electron chi connectivity index (χ4n) is 2.59. The van der Waals surface area contributed by atoms with Crippen LogP contribution in [0.5, 0.6) is 5.88 Å². The third kappa shape index (κ3) is 7.13. The van der Waals surface area contributed by atoms with E-state index in [4.69, 9.17) is 24.2 Å². The summed E-state index contributed by atoms with van der Waals surface area (Å²) in [5.41, 5.74) is -2.37. The lowest BCUT2D eigenvalue weighted by molar-refractivity contribution is -0.0235. The van der Waals surface area contributed by atoms with Gasteiger partial charge in [-0.15, -0.1) is 0 Å². The van der Waals surface area contributed by atoms with E-state index in [1.807, 2.05) is 4.98 Å². The molecule has 1 aromatic heterocycles. The highest BCUT2D eigenvalue weighted by atomic mass is 31.3. The second-order valence-corrected chi connectivity index (χ2v) is 10.5. The summed E-state index contributed by atoms with van der Waals surface area (Å²) in [5.74, 6) is -0.369. The van der Waals surface area contributed by atoms with Gasteiger partial charge in [-0.2, -0.15) is 8.62 Å². The minimum Gasteiger partial charge on any atom is -0.479 e. The minimum absolute atomic E-state index is 0.00671. The first kappa shape index (κ1) is 27.0. The molecule has 0 amide bonds. The molecule has 21 heteroatoms. The van der Waals surface area contributed by atoms with Gasteiger partial charge in [0.15, 0.2) is 0 Å². The normalized spacial score (nSPS) is 27.6. The van der Waals surface area contributed by atoms with Crippen LogP contribution in [0.15, 0.2) is 9.59 Å². The topological polar surface area (TPSA) is 284 Å². The van der Waals surface area contributed by atoms with Gasteiger partial charge in [0.2, 0.25) is 5.88 Å². The first-order valence-electron chi connectivity index (χ1n) is 8.34. The molecule has 184 valence electrons. The molecule has 1 aliphatic heterocycles. The maximum Gasteiger partial charge on any atom is 0.490 e. The van der Waals surface area contributed by atoms with Crippen molar-refractivity contribution in [3.63, 3.8) is 0 Å². The van der Waals surface area contributed by atoms with E-state index < -0.39 is 71.3 Å². The van der Waals surface area contributed by atoms with Crippen LogP contribution in [0.1, 0.15) is 18.6 Å². The van der Waals surface area contributed by atoms with Gasteiger partial charge in [-0.1, -0.05) is 0 Å². The Balaban J connectivity index is 2.16. The molecule has 2 heterocycles. The molecule has 2 rings (SSSR count). The number of hydrogen-bond acceptors (Lipinski definition) is 12. The Morgan fingerprint density at radius 2 is 1.59 bits per heavy atom. The third-order valence-electron chi connectivity index (χ3n) is 3.70. The van der Waals surface area contributed by atoms with Gasteiger partial charge in [0.1, 0.15) is 30.0 Å². The Labute approximate surface area is 177 Å². The lowest BCUT2D eigenvalue weighted by Crippen LogP contribution is -2.34. The van der Waals surface area contributed by atoms with Gasteiger partial charge in [-0.25, -0.2) is 18.5 Å². The van der Waals surface area contributed by atoms with Crippen LogP contribution in [0, 0.1) is 0 Å². The average molecular weight is 528 g/mol. The van der Waals surface area contributed by atoms with Crippen LogP contribution in [0.4, 0.5) is 0 Å². The number of aromatic amines is 2. The number of nitrogens with one attached hydrogen (secondary N) is 2. The van der Waals surface area contributed by atoms with E-state index in [2.05, 4.69) is 18.1 Å². The lowest BCUT2D eigenvalue weighted by atomic mass is 10.0. The van der Waals surface area contributed by atoms with Crippen LogP contribution in [0.25, 0.3) is 0 Å². The molecule has 0 bridgehead atoms. The summed E-state index contributed by atoms with van der Waals surface area (Å²) >= 11 is 0. The second-order valence-electron chi connectivity index (χ2n) is 6.05. The molecule has 6 atom stereocenters. The molecule has 18 nitrogen and oxygen atoms in total. The number of aliphatic hydroxyl groups is 2. The van der Waals surface area contributed by atoms with Crippen molar-refractivity contribution in [1.29, 1.82) is 0 Å². The van der Waals surface area contributed by atoms with Crippen LogP contribution in [-0.4, -0.2) is 71.3 Å². The summed E-state index contributed by atoms with van der Waals surface area (Å²) in [5, 5.41) is 20.3. The maximum absolute atomic E-state index is 12.2. The summed E-state index contributed by atoms with van der Waals surface area (Å²) < 4.78 is 55.5. The van der Waals surface area contributed by atoms with Crippen molar-refractivity contribution < 1.29 is 66.1 Å². The van der Waals surface area contributed by atoms with E-state index >= 15 is 0 Å². The van der Waals surface area contributed by atoms with Gasteiger partial charge in [0, 0.05) is 0 Å². The van der Waals surface area contributed by atoms with Crippen LogP contribution in [0.2, 0.25) is 0 Å². The first-order valence-corrected chi connectivity index (χ1v) is 12.9. The molecule has 2 unspecified atom stereocenters. The maximum atomic E-state index is 12.2. The number of rotatable bonds is 10. The van der Waals surface area contributed by atoms with Crippen molar-refractivity contribution >= 4 is 23.5 Å². The Hall–Kier alpha value is -1.23. The molecule has 1 fully saturated rings. The molecule has 8 N–H and O–H groups in total. The fraction of sp³-hybridized carbons (Fsp3) is 0.636. The zero-order chi connectivity index (χ0) is 24.5. The zero-order valence-corrected chi connectivity index (χ0v) is 18.5. The predicted octanol–water partition coefficient (Wildman–Crippen LogP) is -2.03. The van der Waals surface area contributed by atoms with E-state index in [9.17, 15) is 38.4 Å². The van der Waals surface area contributed by atoms with Crippen molar-refractivity contribution in [3.05, 3.63) is 26.4 Å². The van der Waals surface area contributed by atoms with Crippen molar-refractivity contribution in [3.8, 4) is 5.88 Å². The molecule has 1 saturated heterocycles. The highest BCUT2D eigenvalue weighted by Crippen LogP contribution is 2.66. The number of ether oxygens (including phenoxy) is 2. The molecule has 1 aliphatic rings. The number of aliphatic hydroxyl groups excluding tert-OH is 2. The van der Waals surface area contributed by atoms with Crippen LogP contribution < -0.4 is 16.0 Å². The van der Waals surface area contributed by atoms with Crippen molar-refractivity contribution in [1.82, 2.24) is 9.97 Å². The summed E-state index contributed by atoms with van der Waals surface area (Å²) in [6.07, 6.45) is -6.90. The Bertz CT molecular complexity index is 1080. The van der Waals surface area contributed by atoms with E-state index in [0.717, 1.165) is 0 Å². The summed E-state index contributed by atoms with van der Waals surface area (Å²) in [7, 11) is -16.9. The van der Waals surface area contributed by atoms with E-state index in [-0.39, 0.29) is 12.5 Å². The van der Waals surface area contributed by atoms with Gasteiger partial charge < -0.3 is 39.3 Å². The zero-order valence-electron chi connectivity index (χ0n) is 15.8. The molecule has 0 saturated carbocycles. The molecule has 0 radical (unpaired) electrons. The van der Waals surface area contributed by atoms with Crippen molar-refractivity contribution in [2.75, 3.05) is 13.2 Å². The quantitative estimate of drug-likeness (QED) is 0.152. The Kier molecular flexibility index (Phi) is 8.40. The Morgan fingerprint density at radius 1 is 0.969 bits per heavy atom. The molecular formula is C11H19N2O16P3. The highest BCUT2D eigenvalue weighted by molar-refractivity contribution is 7.66. The smallest absolute Gasteiger partial charge is 0.479 e. The van der Waals surface area contributed by atoms with Crippen molar-refractivity contribution in [2.45, 2.75) is 31.3 Å². The van der Waals surface area contributed by atoms with Gasteiger partial charge in [0.05, 0.1) is 13.2 Å². The minimum atomic E-state index is -5.76. The SMILES string of the molecule is CCOc1[nH]c(=O)[nH]c(=O)c1[C@@H]1O[C@H](COP(=O)(O)OP(=O)(O)OP(=O)(O)O)[C@@H](O)[C@H]1O. The van der Waals surface area contributed by atoms with Gasteiger partial charge in [-0.3, -0.25) is 19.3 Å². The van der Waals surface area contributed by atoms with Crippen LogP contribution >= 0.6 is 23.5 Å². The van der Waals surface area contributed by atoms with Crippen LogP contribution in [-0.2, 0) is 31.6 Å². The van der Waals surface area contributed by atoms with E-state index in [1.54, 1.807) is 0 Å². The second kappa shape index (κ2) is 9.95. The average Bonchev–Trinajstić information content (AvgIpc) is 2.85. The number of aromatic nitrogens is 2. The number of hydrogen-bond donors (Lipinski definition) is 8. The molecular weight excluding hydrogens is 509 g/mol. The van der Waals surface area contributed by atoms with Gasteiger partial charge in [0.25, 0.3) is 5.56 Å². The van der Waals surface area contributed by atoms with Crippen LogP contribution in [0.3, 0.4) is 0 Å². The summed E-state index contributed by atoms with van der Waals surface area (Å²) in [6, 6.07) is 0. The lowest BCUT2D eigenvalue weighted by Gasteiger charge is -2.19. The monoisotopic (exact) mass is 528 g/mol. The number of phosphoric acid groups is 3. The molecule has 0 spiro atoms. The van der Waals surface area contributed by atoms with Gasteiger partial charge >= 0.3 is 29.2 Å². The fourth-order valence-corrected chi connectivity index (χ4v) is 5.62. The number of H-pyrrole nitrogens is 2. The molecule has 0 aromatic carbocycles.